The van der Waals surface area contributed by atoms with E-state index in [-0.39, 0.29) is 0 Å². The van der Waals surface area contributed by atoms with E-state index in [0.29, 0.717) is 6.42 Å². The highest BCUT2D eigenvalue weighted by molar-refractivity contribution is 4.97. The molecule has 0 aliphatic rings. The van der Waals surface area contributed by atoms with Gasteiger partial charge in [0.1, 0.15) is 5.82 Å². The van der Waals surface area contributed by atoms with Crippen LogP contribution in [0.3, 0.4) is 0 Å². The van der Waals surface area contributed by atoms with Gasteiger partial charge in [-0.3, -0.25) is 0 Å². The summed E-state index contributed by atoms with van der Waals surface area (Å²) in [5.41, 5.74) is 0. The summed E-state index contributed by atoms with van der Waals surface area (Å²) in [4.78, 5) is 3.95. The van der Waals surface area contributed by atoms with Crippen LogP contribution >= 0.6 is 0 Å². The van der Waals surface area contributed by atoms with Crippen molar-refractivity contribution in [3.05, 3.63) is 18.2 Å². The zero-order valence-corrected chi connectivity index (χ0v) is 5.20. The second kappa shape index (κ2) is 2.31. The molecule has 0 saturated carbocycles. The number of hydrogen-bond donors (Lipinski definition) is 0. The summed E-state index contributed by atoms with van der Waals surface area (Å²) >= 11 is 0. The van der Waals surface area contributed by atoms with Gasteiger partial charge in [0.15, 0.2) is 0 Å². The van der Waals surface area contributed by atoms with Gasteiger partial charge in [0.2, 0.25) is 0 Å². The molecule has 0 amide bonds. The van der Waals surface area contributed by atoms with Crippen molar-refractivity contribution < 1.29 is 0 Å². The first-order valence-corrected chi connectivity index (χ1v) is 2.67. The zero-order chi connectivity index (χ0) is 6.69. The van der Waals surface area contributed by atoms with Crippen LogP contribution in [0.15, 0.2) is 12.4 Å². The largest absolute Gasteiger partial charge is 0.337 e. The average molecular weight is 121 g/mol. The van der Waals surface area contributed by atoms with Gasteiger partial charge in [-0.15, -0.1) is 0 Å². The molecule has 0 fully saturated rings. The van der Waals surface area contributed by atoms with E-state index in [2.05, 4.69) is 4.98 Å². The van der Waals surface area contributed by atoms with Crippen LogP contribution in [0, 0.1) is 11.3 Å². The van der Waals surface area contributed by atoms with Crippen molar-refractivity contribution in [2.45, 2.75) is 6.42 Å². The van der Waals surface area contributed by atoms with Crippen LogP contribution in [0.1, 0.15) is 5.82 Å². The standard InChI is InChI=1S/C6H7N3/c1-9-5-4-8-6(9)2-3-7/h4-5H,2H2,1H3. The van der Waals surface area contributed by atoms with Crippen LogP contribution < -0.4 is 0 Å². The summed E-state index contributed by atoms with van der Waals surface area (Å²) in [6.07, 6.45) is 3.91. The third kappa shape index (κ3) is 1.08. The first kappa shape index (κ1) is 5.83. The maximum atomic E-state index is 8.26. The third-order valence-corrected chi connectivity index (χ3v) is 1.16. The van der Waals surface area contributed by atoms with Crippen LogP contribution in [0.2, 0.25) is 0 Å². The number of aryl methyl sites for hydroxylation is 1. The lowest BCUT2D eigenvalue weighted by molar-refractivity contribution is 0.833. The van der Waals surface area contributed by atoms with Gasteiger partial charge in [-0.05, 0) is 0 Å². The molecule has 46 valence electrons. The summed E-state index contributed by atoms with van der Waals surface area (Å²) in [7, 11) is 1.87. The van der Waals surface area contributed by atoms with E-state index in [1.54, 1.807) is 6.20 Å². The summed E-state index contributed by atoms with van der Waals surface area (Å²) < 4.78 is 1.84. The molecule has 0 bridgehead atoms. The molecule has 1 rings (SSSR count). The van der Waals surface area contributed by atoms with E-state index in [1.165, 1.54) is 0 Å². The number of nitriles is 1. The summed E-state index contributed by atoms with van der Waals surface area (Å²) in [6.45, 7) is 0. The average Bonchev–Trinajstić information content (AvgIpc) is 2.18. The van der Waals surface area contributed by atoms with Crippen LogP contribution in [-0.2, 0) is 13.5 Å². The minimum atomic E-state index is 0.392. The molecule has 0 aromatic carbocycles. The number of rotatable bonds is 1. The molecule has 1 aromatic rings. The fourth-order valence-corrected chi connectivity index (χ4v) is 0.638. The van der Waals surface area contributed by atoms with Crippen LogP contribution in [0.25, 0.3) is 0 Å². The molecule has 0 radical (unpaired) electrons. The smallest absolute Gasteiger partial charge is 0.122 e. The number of nitrogens with zero attached hydrogens (tertiary/aromatic N) is 3. The lowest BCUT2D eigenvalue weighted by Crippen LogP contribution is -1.94. The Labute approximate surface area is 53.6 Å². The Bertz CT molecular complexity index is 231. The topological polar surface area (TPSA) is 41.6 Å². The van der Waals surface area contributed by atoms with Crippen LogP contribution in [-0.4, -0.2) is 9.55 Å². The Balaban J connectivity index is 2.84. The van der Waals surface area contributed by atoms with Gasteiger partial charge in [0.25, 0.3) is 0 Å². The molecular formula is C6H7N3. The maximum absolute atomic E-state index is 8.26. The molecule has 0 aliphatic heterocycles. The lowest BCUT2D eigenvalue weighted by Gasteiger charge is -1.91. The Hall–Kier alpha value is -1.30. The first-order valence-electron chi connectivity index (χ1n) is 2.67. The quantitative estimate of drug-likeness (QED) is 0.542. The second-order valence-corrected chi connectivity index (χ2v) is 1.79. The normalized spacial score (nSPS) is 8.89. The van der Waals surface area contributed by atoms with Crippen molar-refractivity contribution in [1.82, 2.24) is 9.55 Å². The lowest BCUT2D eigenvalue weighted by atomic mass is 10.4. The molecule has 0 unspecified atom stereocenters. The molecule has 1 aromatic heterocycles. The minimum Gasteiger partial charge on any atom is -0.337 e. The van der Waals surface area contributed by atoms with Crippen molar-refractivity contribution in [3.63, 3.8) is 0 Å². The Morgan fingerprint density at radius 3 is 3.11 bits per heavy atom. The summed E-state index contributed by atoms with van der Waals surface area (Å²) in [5.74, 6) is 0.817. The molecule has 0 saturated heterocycles. The van der Waals surface area contributed by atoms with Gasteiger partial charge in [0, 0.05) is 19.4 Å². The van der Waals surface area contributed by atoms with Crippen LogP contribution in [0.5, 0.6) is 0 Å². The fraction of sp³-hybridized carbons (Fsp3) is 0.333. The van der Waals surface area contributed by atoms with Gasteiger partial charge in [-0.1, -0.05) is 0 Å². The molecule has 1 heterocycles. The van der Waals surface area contributed by atoms with Gasteiger partial charge < -0.3 is 4.57 Å². The van der Waals surface area contributed by atoms with Gasteiger partial charge in [-0.2, -0.15) is 5.26 Å². The molecule has 0 atom stereocenters. The molecule has 3 heteroatoms. The van der Waals surface area contributed by atoms with Crippen molar-refractivity contribution >= 4 is 0 Å². The van der Waals surface area contributed by atoms with Gasteiger partial charge >= 0.3 is 0 Å². The highest BCUT2D eigenvalue weighted by Crippen LogP contribution is 1.92. The van der Waals surface area contributed by atoms with Crippen molar-refractivity contribution in [1.29, 1.82) is 5.26 Å². The van der Waals surface area contributed by atoms with E-state index < -0.39 is 0 Å². The summed E-state index contributed by atoms with van der Waals surface area (Å²) in [6, 6.07) is 2.03. The molecule has 0 N–H and O–H groups in total. The monoisotopic (exact) mass is 121 g/mol. The van der Waals surface area contributed by atoms with E-state index in [1.807, 2.05) is 23.9 Å². The minimum absolute atomic E-state index is 0.392. The molecule has 0 aliphatic carbocycles. The van der Waals surface area contributed by atoms with Crippen molar-refractivity contribution in [2.24, 2.45) is 7.05 Å². The number of hydrogen-bond acceptors (Lipinski definition) is 2. The van der Waals surface area contributed by atoms with Crippen molar-refractivity contribution in [3.8, 4) is 6.07 Å². The van der Waals surface area contributed by atoms with E-state index >= 15 is 0 Å². The predicted octanol–water partition coefficient (Wildman–Crippen LogP) is 0.486. The van der Waals surface area contributed by atoms with Gasteiger partial charge in [0.05, 0.1) is 12.5 Å². The highest BCUT2D eigenvalue weighted by atomic mass is 15.0. The molecule has 9 heavy (non-hydrogen) atoms. The van der Waals surface area contributed by atoms with E-state index in [4.69, 9.17) is 5.26 Å². The Morgan fingerprint density at radius 1 is 1.89 bits per heavy atom. The molecular weight excluding hydrogens is 114 g/mol. The third-order valence-electron chi connectivity index (χ3n) is 1.16. The summed E-state index contributed by atoms with van der Waals surface area (Å²) in [5, 5.41) is 8.26. The fourth-order valence-electron chi connectivity index (χ4n) is 0.638. The van der Waals surface area contributed by atoms with Crippen molar-refractivity contribution in [2.75, 3.05) is 0 Å². The van der Waals surface area contributed by atoms with Gasteiger partial charge in [-0.25, -0.2) is 4.98 Å². The highest BCUT2D eigenvalue weighted by Gasteiger charge is 1.94. The Kier molecular flexibility index (Phi) is 1.50. The van der Waals surface area contributed by atoms with E-state index in [0.717, 1.165) is 5.82 Å². The molecule has 0 spiro atoms. The first-order chi connectivity index (χ1) is 4.34. The second-order valence-electron chi connectivity index (χ2n) is 1.79. The van der Waals surface area contributed by atoms with Crippen LogP contribution in [0.4, 0.5) is 0 Å². The Morgan fingerprint density at radius 2 is 2.67 bits per heavy atom. The maximum Gasteiger partial charge on any atom is 0.122 e. The number of imidazole rings is 1. The SMILES string of the molecule is Cn1ccnc1CC#N. The molecule has 3 nitrogen and oxygen atoms in total. The zero-order valence-electron chi connectivity index (χ0n) is 5.20. The number of aromatic nitrogens is 2. The predicted molar refractivity (Wildman–Crippen MR) is 32.5 cm³/mol. The van der Waals surface area contributed by atoms with E-state index in [9.17, 15) is 0 Å².